The molecule has 114 valence electrons. The molecular weight excluding hydrogens is 348 g/mol. The van der Waals surface area contributed by atoms with Crippen LogP contribution in [0.3, 0.4) is 0 Å². The average Bonchev–Trinajstić information content (AvgIpc) is 2.54. The van der Waals surface area contributed by atoms with Crippen LogP contribution in [-0.4, -0.2) is 19.1 Å². The number of urea groups is 1. The van der Waals surface area contributed by atoms with Crippen LogP contribution in [0.25, 0.3) is 0 Å². The maximum absolute atomic E-state index is 12.0. The third-order valence-corrected chi connectivity index (χ3v) is 3.75. The van der Waals surface area contributed by atoms with Gasteiger partial charge in [-0.25, -0.2) is 9.59 Å². The molecule has 0 bridgehead atoms. The zero-order chi connectivity index (χ0) is 15.9. The lowest BCUT2D eigenvalue weighted by Crippen LogP contribution is -2.29. The minimum absolute atomic E-state index is 0.307. The molecule has 0 spiro atoms. The highest BCUT2D eigenvalue weighted by atomic mass is 79.9. The number of carbonyl (C=O) groups excluding carboxylic acids is 2. The van der Waals surface area contributed by atoms with Crippen LogP contribution in [-0.2, 0) is 11.3 Å². The number of amides is 2. The number of methoxy groups -OCH3 is 1. The largest absolute Gasteiger partial charge is 0.465 e. The molecule has 0 atom stereocenters. The zero-order valence-electron chi connectivity index (χ0n) is 11.9. The SMILES string of the molecule is COC(=O)c1ccccc1NC(=O)NCc1ccccc1Br. The Labute approximate surface area is 136 Å². The fourth-order valence-corrected chi connectivity index (χ4v) is 2.29. The van der Waals surface area contributed by atoms with Gasteiger partial charge >= 0.3 is 12.0 Å². The number of nitrogens with one attached hydrogen (secondary N) is 2. The summed E-state index contributed by atoms with van der Waals surface area (Å²) in [4.78, 5) is 23.6. The first-order valence-corrected chi connectivity index (χ1v) is 7.36. The molecule has 5 nitrogen and oxygen atoms in total. The second-order valence-corrected chi connectivity index (χ2v) is 5.29. The van der Waals surface area contributed by atoms with Gasteiger partial charge in [-0.3, -0.25) is 0 Å². The second-order valence-electron chi connectivity index (χ2n) is 4.44. The monoisotopic (exact) mass is 362 g/mol. The average molecular weight is 363 g/mol. The summed E-state index contributed by atoms with van der Waals surface area (Å²) in [5, 5.41) is 5.39. The number of esters is 1. The molecule has 0 aliphatic heterocycles. The van der Waals surface area contributed by atoms with Gasteiger partial charge in [0, 0.05) is 11.0 Å². The van der Waals surface area contributed by atoms with Crippen molar-refractivity contribution >= 4 is 33.6 Å². The van der Waals surface area contributed by atoms with Crippen molar-refractivity contribution in [2.24, 2.45) is 0 Å². The lowest BCUT2D eigenvalue weighted by molar-refractivity contribution is 0.0602. The van der Waals surface area contributed by atoms with Gasteiger partial charge in [-0.2, -0.15) is 0 Å². The Morgan fingerprint density at radius 1 is 1.09 bits per heavy atom. The van der Waals surface area contributed by atoms with Gasteiger partial charge in [0.05, 0.1) is 18.4 Å². The molecule has 2 amide bonds. The predicted molar refractivity (Wildman–Crippen MR) is 87.8 cm³/mol. The molecule has 6 heteroatoms. The van der Waals surface area contributed by atoms with E-state index in [-0.39, 0.29) is 0 Å². The van der Waals surface area contributed by atoms with E-state index in [0.717, 1.165) is 10.0 Å². The van der Waals surface area contributed by atoms with Gasteiger partial charge in [-0.1, -0.05) is 46.3 Å². The van der Waals surface area contributed by atoms with Crippen molar-refractivity contribution < 1.29 is 14.3 Å². The van der Waals surface area contributed by atoms with Crippen molar-refractivity contribution in [3.05, 3.63) is 64.1 Å². The van der Waals surface area contributed by atoms with Crippen molar-refractivity contribution in [3.63, 3.8) is 0 Å². The summed E-state index contributed by atoms with van der Waals surface area (Å²) < 4.78 is 5.61. The van der Waals surface area contributed by atoms with Crippen LogP contribution in [0.2, 0.25) is 0 Å². The highest BCUT2D eigenvalue weighted by Gasteiger charge is 2.13. The molecule has 0 aromatic heterocycles. The summed E-state index contributed by atoms with van der Waals surface area (Å²) >= 11 is 3.42. The summed E-state index contributed by atoms with van der Waals surface area (Å²) in [7, 11) is 1.30. The Morgan fingerprint density at radius 2 is 1.77 bits per heavy atom. The van der Waals surface area contributed by atoms with Gasteiger partial charge < -0.3 is 15.4 Å². The van der Waals surface area contributed by atoms with Gasteiger partial charge in [0.25, 0.3) is 0 Å². The summed E-state index contributed by atoms with van der Waals surface area (Å²) in [6.07, 6.45) is 0. The lowest BCUT2D eigenvalue weighted by atomic mass is 10.2. The molecule has 0 unspecified atom stereocenters. The summed E-state index contributed by atoms with van der Waals surface area (Å²) in [6.45, 7) is 0.369. The Balaban J connectivity index is 2.01. The van der Waals surface area contributed by atoms with E-state index in [1.807, 2.05) is 24.3 Å². The van der Waals surface area contributed by atoms with Crippen molar-refractivity contribution in [2.45, 2.75) is 6.54 Å². The number of rotatable bonds is 4. The molecular formula is C16H15BrN2O3. The fourth-order valence-electron chi connectivity index (χ4n) is 1.86. The van der Waals surface area contributed by atoms with Gasteiger partial charge in [0.2, 0.25) is 0 Å². The highest BCUT2D eigenvalue weighted by Crippen LogP contribution is 2.17. The molecule has 2 rings (SSSR count). The Hall–Kier alpha value is -2.34. The van der Waals surface area contributed by atoms with Crippen LogP contribution in [0, 0.1) is 0 Å². The number of halogens is 1. The lowest BCUT2D eigenvalue weighted by Gasteiger charge is -2.11. The highest BCUT2D eigenvalue weighted by molar-refractivity contribution is 9.10. The zero-order valence-corrected chi connectivity index (χ0v) is 13.5. The van der Waals surface area contributed by atoms with E-state index in [1.54, 1.807) is 24.3 Å². The number of hydrogen-bond acceptors (Lipinski definition) is 3. The van der Waals surface area contributed by atoms with E-state index < -0.39 is 12.0 Å². The van der Waals surface area contributed by atoms with Crippen LogP contribution in [0.15, 0.2) is 53.0 Å². The molecule has 0 heterocycles. The van der Waals surface area contributed by atoms with E-state index in [1.165, 1.54) is 7.11 Å². The molecule has 0 saturated carbocycles. The van der Waals surface area contributed by atoms with Crippen LogP contribution in [0.5, 0.6) is 0 Å². The number of hydrogen-bond donors (Lipinski definition) is 2. The van der Waals surface area contributed by atoms with E-state index in [2.05, 4.69) is 31.3 Å². The van der Waals surface area contributed by atoms with Crippen LogP contribution >= 0.6 is 15.9 Å². The number of para-hydroxylation sites is 1. The van der Waals surface area contributed by atoms with E-state index in [4.69, 9.17) is 0 Å². The van der Waals surface area contributed by atoms with Crippen molar-refractivity contribution in [3.8, 4) is 0 Å². The van der Waals surface area contributed by atoms with Crippen molar-refractivity contribution in [1.29, 1.82) is 0 Å². The number of anilines is 1. The van der Waals surface area contributed by atoms with Gasteiger partial charge in [-0.15, -0.1) is 0 Å². The van der Waals surface area contributed by atoms with Gasteiger partial charge in [-0.05, 0) is 23.8 Å². The van der Waals surface area contributed by atoms with Gasteiger partial charge in [0.1, 0.15) is 0 Å². The summed E-state index contributed by atoms with van der Waals surface area (Å²) in [5.41, 5.74) is 1.67. The van der Waals surface area contributed by atoms with Crippen LogP contribution in [0.4, 0.5) is 10.5 Å². The Bertz CT molecular complexity index is 689. The quantitative estimate of drug-likeness (QED) is 0.817. The predicted octanol–water partition coefficient (Wildman–Crippen LogP) is 3.56. The summed E-state index contributed by atoms with van der Waals surface area (Å²) in [5.74, 6) is -0.498. The van der Waals surface area contributed by atoms with E-state index in [9.17, 15) is 9.59 Å². The molecule has 0 radical (unpaired) electrons. The van der Waals surface area contributed by atoms with E-state index >= 15 is 0 Å². The molecule has 2 aromatic rings. The molecule has 2 aromatic carbocycles. The van der Waals surface area contributed by atoms with Gasteiger partial charge in [0.15, 0.2) is 0 Å². The molecule has 0 aliphatic rings. The number of benzene rings is 2. The first-order valence-electron chi connectivity index (χ1n) is 6.57. The van der Waals surface area contributed by atoms with Crippen LogP contribution in [0.1, 0.15) is 15.9 Å². The fraction of sp³-hybridized carbons (Fsp3) is 0.125. The third-order valence-electron chi connectivity index (χ3n) is 2.98. The molecule has 0 fully saturated rings. The molecule has 0 aliphatic carbocycles. The smallest absolute Gasteiger partial charge is 0.339 e. The van der Waals surface area contributed by atoms with Crippen LogP contribution < -0.4 is 10.6 Å². The third kappa shape index (κ3) is 4.08. The first-order chi connectivity index (χ1) is 10.6. The summed E-state index contributed by atoms with van der Waals surface area (Å²) in [6, 6.07) is 13.9. The Kier molecular flexibility index (Phi) is 5.55. The minimum Gasteiger partial charge on any atom is -0.465 e. The number of carbonyl (C=O) groups is 2. The number of ether oxygens (including phenoxy) is 1. The Morgan fingerprint density at radius 3 is 2.50 bits per heavy atom. The normalized spacial score (nSPS) is 9.91. The van der Waals surface area contributed by atoms with Crippen molar-refractivity contribution in [1.82, 2.24) is 5.32 Å². The maximum atomic E-state index is 12.0. The maximum Gasteiger partial charge on any atom is 0.339 e. The van der Waals surface area contributed by atoms with Crippen molar-refractivity contribution in [2.75, 3.05) is 12.4 Å². The van der Waals surface area contributed by atoms with E-state index in [0.29, 0.717) is 17.8 Å². The minimum atomic E-state index is -0.498. The molecule has 2 N–H and O–H groups in total. The standard InChI is InChI=1S/C16H15BrN2O3/c1-22-15(20)12-7-3-5-9-14(12)19-16(21)18-10-11-6-2-4-8-13(11)17/h2-9H,10H2,1H3,(H2,18,19,21). The molecule has 22 heavy (non-hydrogen) atoms. The second kappa shape index (κ2) is 7.61. The molecule has 0 saturated heterocycles. The topological polar surface area (TPSA) is 67.4 Å². The first kappa shape index (κ1) is 16.0.